The summed E-state index contributed by atoms with van der Waals surface area (Å²) in [6.45, 7) is 0.899. The average Bonchev–Trinajstić information content (AvgIpc) is 2.67. The Balaban J connectivity index is 1.63. The van der Waals surface area contributed by atoms with Crippen LogP contribution in [0, 0.1) is 11.6 Å². The summed E-state index contributed by atoms with van der Waals surface area (Å²) in [7, 11) is 0. The summed E-state index contributed by atoms with van der Waals surface area (Å²) in [4.78, 5) is 38.6. The quantitative estimate of drug-likeness (QED) is 0.773. The van der Waals surface area contributed by atoms with Crippen molar-refractivity contribution in [3.63, 3.8) is 0 Å². The number of hydrogen-bond acceptors (Lipinski definition) is 5. The number of para-hydroxylation sites is 2. The summed E-state index contributed by atoms with van der Waals surface area (Å²) in [6, 6.07) is 10.3. The summed E-state index contributed by atoms with van der Waals surface area (Å²) >= 11 is 1.37. The third-order valence-corrected chi connectivity index (χ3v) is 5.03. The molecule has 1 aliphatic heterocycles. The van der Waals surface area contributed by atoms with Crippen LogP contribution in [0.2, 0.25) is 0 Å². The van der Waals surface area contributed by atoms with Crippen LogP contribution >= 0.6 is 11.8 Å². The van der Waals surface area contributed by atoms with Crippen LogP contribution < -0.4 is 10.2 Å². The highest BCUT2D eigenvalue weighted by atomic mass is 32.2. The first-order chi connectivity index (χ1) is 13.4. The Kier molecular flexibility index (Phi) is 5.93. The molecule has 1 aliphatic rings. The first-order valence-electron chi connectivity index (χ1n) is 8.33. The van der Waals surface area contributed by atoms with E-state index in [9.17, 15) is 23.2 Å². The minimum absolute atomic E-state index is 0.187. The van der Waals surface area contributed by atoms with Crippen LogP contribution in [0.5, 0.6) is 0 Å². The minimum Gasteiger partial charge on any atom is -0.451 e. The second kappa shape index (κ2) is 8.39. The molecule has 6 nitrogen and oxygen atoms in total. The molecule has 3 rings (SSSR count). The van der Waals surface area contributed by atoms with E-state index < -0.39 is 35.3 Å². The van der Waals surface area contributed by atoms with Crippen LogP contribution in [-0.2, 0) is 19.1 Å². The van der Waals surface area contributed by atoms with Crippen molar-refractivity contribution < 1.29 is 27.9 Å². The molecule has 1 atom stereocenters. The van der Waals surface area contributed by atoms with Crippen molar-refractivity contribution in [2.75, 3.05) is 22.5 Å². The van der Waals surface area contributed by atoms with Gasteiger partial charge in [-0.05, 0) is 31.2 Å². The molecule has 0 saturated heterocycles. The SMILES string of the molecule is C[C@H](OC(=O)CN1C(=O)CSc2ccccc21)C(=O)Nc1c(F)cccc1F. The van der Waals surface area contributed by atoms with E-state index in [1.165, 1.54) is 23.6 Å². The second-order valence-electron chi connectivity index (χ2n) is 5.95. The number of benzene rings is 2. The molecule has 146 valence electrons. The molecular formula is C19H16F2N2O4S. The highest BCUT2D eigenvalue weighted by Crippen LogP contribution is 2.34. The first kappa shape index (κ1) is 19.8. The topological polar surface area (TPSA) is 75.7 Å². The van der Waals surface area contributed by atoms with Gasteiger partial charge in [0, 0.05) is 4.90 Å². The van der Waals surface area contributed by atoms with Gasteiger partial charge in [0.2, 0.25) is 5.91 Å². The number of carbonyl (C=O) groups excluding carboxylic acids is 3. The predicted molar refractivity (Wildman–Crippen MR) is 100 cm³/mol. The molecule has 28 heavy (non-hydrogen) atoms. The van der Waals surface area contributed by atoms with Gasteiger partial charge in [0.05, 0.1) is 11.4 Å². The maximum Gasteiger partial charge on any atom is 0.326 e. The molecule has 0 radical (unpaired) electrons. The number of amides is 2. The largest absolute Gasteiger partial charge is 0.451 e. The van der Waals surface area contributed by atoms with Crippen LogP contribution in [0.3, 0.4) is 0 Å². The number of nitrogens with one attached hydrogen (secondary N) is 1. The van der Waals surface area contributed by atoms with E-state index in [1.54, 1.807) is 12.1 Å². The van der Waals surface area contributed by atoms with Crippen molar-refractivity contribution in [1.29, 1.82) is 0 Å². The average molecular weight is 406 g/mol. The minimum atomic E-state index is -1.31. The van der Waals surface area contributed by atoms with E-state index >= 15 is 0 Å². The molecule has 0 fully saturated rings. The highest BCUT2D eigenvalue weighted by Gasteiger charge is 2.28. The van der Waals surface area contributed by atoms with Crippen molar-refractivity contribution in [2.24, 2.45) is 0 Å². The molecule has 0 unspecified atom stereocenters. The molecule has 0 saturated carbocycles. The summed E-state index contributed by atoms with van der Waals surface area (Å²) in [5.41, 5.74) is -0.0289. The number of rotatable bonds is 5. The first-order valence-corrected chi connectivity index (χ1v) is 9.32. The number of thioether (sulfide) groups is 1. The Bertz CT molecular complexity index is 918. The van der Waals surface area contributed by atoms with Gasteiger partial charge in [0.15, 0.2) is 6.10 Å². The number of carbonyl (C=O) groups is 3. The molecule has 0 spiro atoms. The number of ether oxygens (including phenoxy) is 1. The highest BCUT2D eigenvalue weighted by molar-refractivity contribution is 8.00. The van der Waals surface area contributed by atoms with Gasteiger partial charge in [-0.3, -0.25) is 19.3 Å². The smallest absolute Gasteiger partial charge is 0.326 e. The van der Waals surface area contributed by atoms with Gasteiger partial charge in [0.25, 0.3) is 5.91 Å². The molecule has 2 amide bonds. The predicted octanol–water partition coefficient (Wildman–Crippen LogP) is 2.97. The van der Waals surface area contributed by atoms with Crippen molar-refractivity contribution in [2.45, 2.75) is 17.9 Å². The summed E-state index contributed by atoms with van der Waals surface area (Å²) in [6.07, 6.45) is -1.31. The molecule has 0 bridgehead atoms. The normalized spacial score (nSPS) is 14.2. The van der Waals surface area contributed by atoms with Crippen LogP contribution in [0.1, 0.15) is 6.92 Å². The Hall–Kier alpha value is -2.94. The fraction of sp³-hybridized carbons (Fsp3) is 0.211. The fourth-order valence-electron chi connectivity index (χ4n) is 2.59. The number of hydrogen-bond donors (Lipinski definition) is 1. The van der Waals surface area contributed by atoms with Crippen molar-refractivity contribution in [1.82, 2.24) is 0 Å². The molecule has 1 N–H and O–H groups in total. The maximum atomic E-state index is 13.6. The Morgan fingerprint density at radius 1 is 1.18 bits per heavy atom. The van der Waals surface area contributed by atoms with Crippen molar-refractivity contribution >= 4 is 40.9 Å². The van der Waals surface area contributed by atoms with E-state index in [1.807, 2.05) is 12.1 Å². The summed E-state index contributed by atoms with van der Waals surface area (Å²) < 4.78 is 32.3. The van der Waals surface area contributed by atoms with Crippen LogP contribution in [0.15, 0.2) is 47.4 Å². The van der Waals surface area contributed by atoms with Gasteiger partial charge < -0.3 is 10.1 Å². The molecule has 2 aromatic rings. The van der Waals surface area contributed by atoms with Gasteiger partial charge in [0.1, 0.15) is 23.9 Å². The number of esters is 1. The Morgan fingerprint density at radius 2 is 1.86 bits per heavy atom. The third-order valence-electron chi connectivity index (χ3n) is 3.98. The third kappa shape index (κ3) is 4.30. The van der Waals surface area contributed by atoms with E-state index in [0.717, 1.165) is 23.1 Å². The van der Waals surface area contributed by atoms with Crippen molar-refractivity contribution in [3.8, 4) is 0 Å². The lowest BCUT2D eigenvalue weighted by Crippen LogP contribution is -2.41. The van der Waals surface area contributed by atoms with E-state index in [0.29, 0.717) is 5.69 Å². The lowest BCUT2D eigenvalue weighted by Gasteiger charge is -2.28. The summed E-state index contributed by atoms with van der Waals surface area (Å²) in [5.74, 6) is -3.66. The monoisotopic (exact) mass is 406 g/mol. The fourth-order valence-corrected chi connectivity index (χ4v) is 3.52. The van der Waals surface area contributed by atoms with E-state index in [-0.39, 0.29) is 18.2 Å². The zero-order chi connectivity index (χ0) is 20.3. The number of halogens is 2. The molecule has 0 aliphatic carbocycles. The van der Waals surface area contributed by atoms with Crippen molar-refractivity contribution in [3.05, 3.63) is 54.1 Å². The van der Waals surface area contributed by atoms with Gasteiger partial charge in [-0.25, -0.2) is 8.78 Å². The van der Waals surface area contributed by atoms with Crippen LogP contribution in [0.4, 0.5) is 20.2 Å². The molecule has 1 heterocycles. The standard InChI is InChI=1S/C19H16F2N2O4S/c1-11(19(26)22-18-12(20)5-4-6-13(18)21)27-17(25)9-23-14-7-2-3-8-15(14)28-10-16(23)24/h2-8,11H,9-10H2,1H3,(H,22,26)/t11-/m0/s1. The van der Waals surface area contributed by atoms with Gasteiger partial charge >= 0.3 is 5.97 Å². The van der Waals surface area contributed by atoms with Gasteiger partial charge in [-0.1, -0.05) is 18.2 Å². The number of nitrogens with zero attached hydrogens (tertiary/aromatic N) is 1. The molecule has 2 aromatic carbocycles. The summed E-state index contributed by atoms with van der Waals surface area (Å²) in [5, 5.41) is 2.06. The van der Waals surface area contributed by atoms with Gasteiger partial charge in [-0.15, -0.1) is 11.8 Å². The van der Waals surface area contributed by atoms with E-state index in [4.69, 9.17) is 4.74 Å². The van der Waals surface area contributed by atoms with Gasteiger partial charge in [-0.2, -0.15) is 0 Å². The van der Waals surface area contributed by atoms with Crippen LogP contribution in [0.25, 0.3) is 0 Å². The zero-order valence-corrected chi connectivity index (χ0v) is 15.6. The zero-order valence-electron chi connectivity index (χ0n) is 14.8. The molecule has 9 heteroatoms. The Morgan fingerprint density at radius 3 is 2.57 bits per heavy atom. The molecular weight excluding hydrogens is 390 g/mol. The number of anilines is 2. The lowest BCUT2D eigenvalue weighted by molar-refractivity contribution is -0.152. The van der Waals surface area contributed by atoms with Crippen LogP contribution in [-0.4, -0.2) is 36.2 Å². The van der Waals surface area contributed by atoms with E-state index in [2.05, 4.69) is 5.32 Å². The maximum absolute atomic E-state index is 13.6. The lowest BCUT2D eigenvalue weighted by atomic mass is 10.2. The second-order valence-corrected chi connectivity index (χ2v) is 6.97. The number of fused-ring (bicyclic) bond motifs is 1. The molecule has 0 aromatic heterocycles. The Labute approximate surface area is 163 Å².